The SMILES string of the molecule is Cc1c(-c2ccc(N3CCc4cccc(C(=O)Nc5nc6ccccc6s5)c4C3)nc2C(=O)NCCOCCOCCOCCCc2cccc3c2C(=O)N(C2CCC(=O)NC2=O)C3=O)cnn1CC12CC(C)CC3CC(C1)C32. The maximum absolute atomic E-state index is 14.4. The summed E-state index contributed by atoms with van der Waals surface area (Å²) in [5.41, 5.74) is 7.93. The zero-order chi connectivity index (χ0) is 54.4. The fourth-order valence-corrected chi connectivity index (χ4v) is 14.7. The van der Waals surface area contributed by atoms with Gasteiger partial charge in [0.1, 0.15) is 17.6 Å². The highest BCUT2D eigenvalue weighted by atomic mass is 32.1. The fraction of sp³-hybridized carbons (Fsp3) is 0.450. The molecule has 6 atom stereocenters. The van der Waals surface area contributed by atoms with Gasteiger partial charge in [-0.25, -0.2) is 9.97 Å². The van der Waals surface area contributed by atoms with Gasteiger partial charge in [-0.05, 0) is 140 Å². The van der Waals surface area contributed by atoms with Gasteiger partial charge in [-0.2, -0.15) is 5.10 Å². The standard InChI is InChI=1S/C60H65N9O9S/c1-35-28-39-29-40-31-60(30-35,52(39)40)34-68-36(2)44(32-62-68)41-15-17-49(67-21-19-37-8-5-11-42(45(37)33-67)54(71)66-59-63-46-13-3-4-14-48(46)79-59)64-53(41)56(73)61-20-23-77-25-27-78-26-24-76-22-7-10-38-9-6-12-43-51(38)58(75)69(57(43)74)47-16-18-50(70)65-55(47)72/h3-6,8-9,11-15,17,32,35,39-40,47,52H,7,10,16,18-31,33-34H2,1-2H3,(H,61,73)(H,63,66,71)(H,65,70,72). The molecule has 6 aromatic rings. The number of rotatable bonds is 21. The van der Waals surface area contributed by atoms with Gasteiger partial charge in [-0.3, -0.25) is 49.0 Å². The number of imide groups is 2. The summed E-state index contributed by atoms with van der Waals surface area (Å²) in [5.74, 6) is 1.24. The maximum Gasteiger partial charge on any atom is 0.270 e. The van der Waals surface area contributed by atoms with Crippen LogP contribution in [0.3, 0.4) is 0 Å². The number of carbonyl (C=O) groups is 6. The second-order valence-electron chi connectivity index (χ2n) is 22.3. The van der Waals surface area contributed by atoms with Gasteiger partial charge in [-0.1, -0.05) is 54.7 Å². The molecule has 0 radical (unpaired) electrons. The van der Waals surface area contributed by atoms with Gasteiger partial charge in [0.2, 0.25) is 11.8 Å². The quantitative estimate of drug-likeness (QED) is 0.0469. The number of para-hydroxylation sites is 1. The Balaban J connectivity index is 0.643. The monoisotopic (exact) mass is 1090 g/mol. The molecule has 3 aliphatic heterocycles. The molecule has 6 aliphatic rings. The Bertz CT molecular complexity index is 3360. The van der Waals surface area contributed by atoms with Crippen molar-refractivity contribution in [2.45, 2.75) is 90.8 Å². The number of aromatic nitrogens is 4. The summed E-state index contributed by atoms with van der Waals surface area (Å²) in [6, 6.07) is 21.8. The molecule has 0 bridgehead atoms. The number of hydrogen-bond acceptors (Lipinski definition) is 14. The Morgan fingerprint density at radius 1 is 0.810 bits per heavy atom. The maximum atomic E-state index is 14.4. The third-order valence-electron chi connectivity index (χ3n) is 17.3. The summed E-state index contributed by atoms with van der Waals surface area (Å²) in [6.45, 7) is 8.76. The van der Waals surface area contributed by atoms with Crippen LogP contribution in [0.4, 0.5) is 10.9 Å². The molecule has 3 aromatic heterocycles. The number of benzene rings is 3. The van der Waals surface area contributed by atoms with Crippen LogP contribution < -0.4 is 20.9 Å². The van der Waals surface area contributed by atoms with Gasteiger partial charge >= 0.3 is 0 Å². The molecule has 4 fully saturated rings. The molecule has 3 saturated carbocycles. The lowest BCUT2D eigenvalue weighted by atomic mass is 9.35. The normalized spacial score (nSPS) is 22.9. The predicted molar refractivity (Wildman–Crippen MR) is 296 cm³/mol. The number of pyridine rings is 1. The first kappa shape index (κ1) is 52.5. The van der Waals surface area contributed by atoms with Crippen molar-refractivity contribution in [3.63, 3.8) is 0 Å². The summed E-state index contributed by atoms with van der Waals surface area (Å²) in [7, 11) is 0. The minimum atomic E-state index is -1.01. The van der Waals surface area contributed by atoms with Crippen LogP contribution in [0, 0.1) is 36.0 Å². The number of ether oxygens (including phenoxy) is 3. The number of thiazole rings is 1. The van der Waals surface area contributed by atoms with Crippen LogP contribution >= 0.6 is 11.3 Å². The zero-order valence-corrected chi connectivity index (χ0v) is 45.4. The highest BCUT2D eigenvalue weighted by Crippen LogP contribution is 2.71. The van der Waals surface area contributed by atoms with Crippen LogP contribution in [0.1, 0.15) is 116 Å². The molecule has 6 heterocycles. The number of nitrogens with one attached hydrogen (secondary N) is 3. The third-order valence-corrected chi connectivity index (χ3v) is 18.3. The van der Waals surface area contributed by atoms with Crippen LogP contribution in [0.2, 0.25) is 0 Å². The predicted octanol–water partition coefficient (Wildman–Crippen LogP) is 7.56. The Morgan fingerprint density at radius 3 is 2.44 bits per heavy atom. The van der Waals surface area contributed by atoms with E-state index < -0.39 is 29.7 Å². The summed E-state index contributed by atoms with van der Waals surface area (Å²) in [4.78, 5) is 91.9. The number of fused-ring (bicyclic) bond motifs is 3. The van der Waals surface area contributed by atoms with Gasteiger partial charge in [0, 0.05) is 61.6 Å². The Morgan fingerprint density at radius 2 is 1.62 bits per heavy atom. The van der Waals surface area contributed by atoms with Crippen LogP contribution in [-0.4, -0.2) is 119 Å². The van der Waals surface area contributed by atoms with Gasteiger partial charge in [0.15, 0.2) is 5.13 Å². The van der Waals surface area contributed by atoms with E-state index >= 15 is 0 Å². The number of aryl methyl sites for hydroxylation is 1. The molecule has 19 heteroatoms. The van der Waals surface area contributed by atoms with E-state index in [1.807, 2.05) is 54.7 Å². The molecule has 410 valence electrons. The molecule has 79 heavy (non-hydrogen) atoms. The van der Waals surface area contributed by atoms with Gasteiger partial charge in [0.25, 0.3) is 23.6 Å². The minimum Gasteiger partial charge on any atom is -0.379 e. The zero-order valence-electron chi connectivity index (χ0n) is 44.6. The van der Waals surface area contributed by atoms with E-state index in [1.54, 1.807) is 18.2 Å². The lowest BCUT2D eigenvalue weighted by molar-refractivity contribution is -0.214. The Labute approximate surface area is 462 Å². The number of nitrogens with zero attached hydrogens (tertiary/aromatic N) is 6. The number of anilines is 2. The molecule has 1 saturated heterocycles. The van der Waals surface area contributed by atoms with Crippen molar-refractivity contribution >= 4 is 67.9 Å². The van der Waals surface area contributed by atoms with E-state index in [2.05, 4.69) is 50.4 Å². The van der Waals surface area contributed by atoms with Crippen molar-refractivity contribution in [3.8, 4) is 11.1 Å². The first-order chi connectivity index (χ1) is 38.4. The van der Waals surface area contributed by atoms with Crippen LogP contribution in [0.5, 0.6) is 0 Å². The summed E-state index contributed by atoms with van der Waals surface area (Å²) >= 11 is 1.44. The number of amides is 6. The molecule has 6 unspecified atom stereocenters. The number of carbonyl (C=O) groups excluding carboxylic acids is 6. The van der Waals surface area contributed by atoms with Gasteiger partial charge < -0.3 is 24.4 Å². The van der Waals surface area contributed by atoms with Crippen molar-refractivity contribution < 1.29 is 43.0 Å². The van der Waals surface area contributed by atoms with Crippen molar-refractivity contribution in [1.82, 2.24) is 35.3 Å². The lowest BCUT2D eigenvalue weighted by Crippen LogP contribution is -2.64. The van der Waals surface area contributed by atoms with E-state index in [9.17, 15) is 28.8 Å². The highest BCUT2D eigenvalue weighted by molar-refractivity contribution is 7.22. The van der Waals surface area contributed by atoms with Crippen molar-refractivity contribution in [2.75, 3.05) is 62.9 Å². The molecule has 12 rings (SSSR count). The average molecular weight is 1090 g/mol. The Hall–Kier alpha value is -7.19. The summed E-state index contributed by atoms with van der Waals surface area (Å²) < 4.78 is 20.6. The summed E-state index contributed by atoms with van der Waals surface area (Å²) in [6.07, 6.45) is 9.09. The van der Waals surface area contributed by atoms with Crippen LogP contribution in [0.15, 0.2) is 79.0 Å². The van der Waals surface area contributed by atoms with Crippen LogP contribution in [-0.2, 0) is 49.7 Å². The molecule has 0 spiro atoms. The molecule has 6 amide bonds. The van der Waals surface area contributed by atoms with Crippen molar-refractivity contribution in [2.24, 2.45) is 29.1 Å². The first-order valence-corrected chi connectivity index (χ1v) is 28.7. The van der Waals surface area contributed by atoms with Crippen molar-refractivity contribution in [1.29, 1.82) is 0 Å². The second-order valence-corrected chi connectivity index (χ2v) is 23.3. The molecule has 3 N–H and O–H groups in total. The van der Waals surface area contributed by atoms with Gasteiger partial charge in [-0.15, -0.1) is 0 Å². The number of piperidine rings is 1. The molecular weight excluding hydrogens is 1020 g/mol. The topological polar surface area (TPSA) is 216 Å². The van der Waals surface area contributed by atoms with Gasteiger partial charge in [0.05, 0.1) is 60.6 Å². The smallest absolute Gasteiger partial charge is 0.270 e. The largest absolute Gasteiger partial charge is 0.379 e. The second kappa shape index (κ2) is 22.2. The van der Waals surface area contributed by atoms with Crippen molar-refractivity contribution in [3.05, 3.63) is 124 Å². The molecule has 18 nitrogen and oxygen atoms in total. The number of hydrogen-bond donors (Lipinski definition) is 3. The molecule has 3 aromatic carbocycles. The minimum absolute atomic E-state index is 0.0632. The van der Waals surface area contributed by atoms with E-state index in [4.69, 9.17) is 24.3 Å². The third kappa shape index (κ3) is 10.3. The first-order valence-electron chi connectivity index (χ1n) is 27.8. The Kier molecular flexibility index (Phi) is 14.7. The van der Waals surface area contributed by atoms with E-state index in [0.29, 0.717) is 110 Å². The molecular formula is C60H65N9O9S. The fourth-order valence-electron chi connectivity index (χ4n) is 13.9. The summed E-state index contributed by atoms with van der Waals surface area (Å²) in [5, 5.41) is 13.9. The average Bonchev–Trinajstić information content (AvgIpc) is 2.92. The highest BCUT2D eigenvalue weighted by Gasteiger charge is 2.65. The van der Waals surface area contributed by atoms with E-state index in [-0.39, 0.29) is 43.4 Å². The molecule has 3 aliphatic carbocycles. The van der Waals surface area contributed by atoms with E-state index in [0.717, 1.165) is 67.7 Å². The van der Waals surface area contributed by atoms with Crippen LogP contribution in [0.25, 0.3) is 21.3 Å². The van der Waals surface area contributed by atoms with E-state index in [1.165, 1.54) is 37.0 Å². The lowest BCUT2D eigenvalue weighted by Gasteiger charge is -2.70.